The summed E-state index contributed by atoms with van der Waals surface area (Å²) in [4.78, 5) is 18.6. The smallest absolute Gasteiger partial charge is 0.262 e. The van der Waals surface area contributed by atoms with Crippen molar-refractivity contribution >= 4 is 22.5 Å². The number of hydrogen-bond donors (Lipinski definition) is 1. The molecule has 2 aliphatic rings. The Morgan fingerprint density at radius 1 is 1.16 bits per heavy atom. The van der Waals surface area contributed by atoms with Gasteiger partial charge in [-0.25, -0.2) is 0 Å². The number of amides is 1. The van der Waals surface area contributed by atoms with Gasteiger partial charge < -0.3 is 14.8 Å². The third kappa shape index (κ3) is 4.49. The Morgan fingerprint density at radius 2 is 2.03 bits per heavy atom. The summed E-state index contributed by atoms with van der Waals surface area (Å²) in [5.41, 5.74) is 3.97. The average molecular weight is 418 g/mol. The van der Waals surface area contributed by atoms with Gasteiger partial charge in [-0.15, -0.1) is 0 Å². The Kier molecular flexibility index (Phi) is 5.47. The fourth-order valence-electron chi connectivity index (χ4n) is 4.36. The molecular formula is C25H27N3O3. The third-order valence-corrected chi connectivity index (χ3v) is 6.10. The predicted octanol–water partition coefficient (Wildman–Crippen LogP) is 4.17. The van der Waals surface area contributed by atoms with Gasteiger partial charge in [0.1, 0.15) is 11.5 Å². The Bertz CT molecular complexity index is 1110. The van der Waals surface area contributed by atoms with E-state index >= 15 is 0 Å². The van der Waals surface area contributed by atoms with Crippen molar-refractivity contribution in [3.8, 4) is 11.5 Å². The molecule has 1 fully saturated rings. The first-order valence-corrected chi connectivity index (χ1v) is 10.9. The molecule has 1 aromatic heterocycles. The number of carbonyl (C=O) groups is 1. The molecule has 6 heteroatoms. The van der Waals surface area contributed by atoms with Gasteiger partial charge in [-0.3, -0.25) is 14.7 Å². The molecule has 0 saturated carbocycles. The van der Waals surface area contributed by atoms with Crippen molar-refractivity contribution in [1.29, 1.82) is 0 Å². The highest BCUT2D eigenvalue weighted by atomic mass is 16.5. The van der Waals surface area contributed by atoms with Crippen molar-refractivity contribution in [2.75, 3.05) is 31.6 Å². The minimum absolute atomic E-state index is 0.0941. The summed E-state index contributed by atoms with van der Waals surface area (Å²) in [5, 5.41) is 3.97. The van der Waals surface area contributed by atoms with Crippen LogP contribution in [0.5, 0.6) is 11.5 Å². The van der Waals surface area contributed by atoms with E-state index in [0.29, 0.717) is 5.92 Å². The molecule has 160 valence electrons. The van der Waals surface area contributed by atoms with Gasteiger partial charge >= 0.3 is 0 Å². The van der Waals surface area contributed by atoms with Crippen LogP contribution in [-0.2, 0) is 11.3 Å². The van der Waals surface area contributed by atoms with Gasteiger partial charge in [0.05, 0.1) is 17.8 Å². The second-order valence-electron chi connectivity index (χ2n) is 8.47. The SMILES string of the molecule is Cc1ccc2c(OCC3CCN(Cc4ccc5c(c4)NC(=O)CO5)CC3)cccc2n1. The fourth-order valence-corrected chi connectivity index (χ4v) is 4.36. The number of anilines is 1. The molecule has 3 aromatic rings. The molecule has 1 saturated heterocycles. The summed E-state index contributed by atoms with van der Waals surface area (Å²) < 4.78 is 11.7. The predicted molar refractivity (Wildman–Crippen MR) is 121 cm³/mol. The monoisotopic (exact) mass is 417 g/mol. The van der Waals surface area contributed by atoms with Gasteiger partial charge in [0, 0.05) is 17.6 Å². The molecular weight excluding hydrogens is 390 g/mol. The molecule has 1 N–H and O–H groups in total. The van der Waals surface area contributed by atoms with Crippen LogP contribution in [0.4, 0.5) is 5.69 Å². The first-order valence-electron chi connectivity index (χ1n) is 10.9. The minimum atomic E-state index is -0.0948. The highest BCUT2D eigenvalue weighted by Crippen LogP contribution is 2.30. The van der Waals surface area contributed by atoms with Gasteiger partial charge in [-0.2, -0.15) is 0 Å². The van der Waals surface area contributed by atoms with Gasteiger partial charge in [-0.1, -0.05) is 12.1 Å². The maximum atomic E-state index is 11.6. The van der Waals surface area contributed by atoms with Gasteiger partial charge in [0.25, 0.3) is 5.91 Å². The number of benzene rings is 2. The number of rotatable bonds is 5. The number of carbonyl (C=O) groups excluding carboxylic acids is 1. The first kappa shape index (κ1) is 19.8. The molecule has 3 heterocycles. The summed E-state index contributed by atoms with van der Waals surface area (Å²) >= 11 is 0. The molecule has 2 aromatic carbocycles. The van der Waals surface area contributed by atoms with Crippen molar-refractivity contribution in [3.05, 3.63) is 59.8 Å². The summed E-state index contributed by atoms with van der Waals surface area (Å²) in [7, 11) is 0. The highest BCUT2D eigenvalue weighted by Gasteiger charge is 2.21. The summed E-state index contributed by atoms with van der Waals surface area (Å²) in [6.07, 6.45) is 2.24. The number of piperidine rings is 1. The van der Waals surface area contributed by atoms with Crippen LogP contribution in [0.15, 0.2) is 48.5 Å². The quantitative estimate of drug-likeness (QED) is 0.675. The van der Waals surface area contributed by atoms with Gasteiger partial charge in [0.15, 0.2) is 6.61 Å². The molecule has 0 radical (unpaired) electrons. The molecule has 5 rings (SSSR count). The molecule has 0 bridgehead atoms. The molecule has 1 amide bonds. The van der Waals surface area contributed by atoms with Crippen molar-refractivity contribution in [1.82, 2.24) is 9.88 Å². The van der Waals surface area contributed by atoms with Crippen molar-refractivity contribution < 1.29 is 14.3 Å². The van der Waals surface area contributed by atoms with E-state index in [1.165, 1.54) is 5.56 Å². The van der Waals surface area contributed by atoms with Crippen LogP contribution in [0.25, 0.3) is 10.9 Å². The Hall–Kier alpha value is -3.12. The van der Waals surface area contributed by atoms with E-state index in [-0.39, 0.29) is 12.5 Å². The van der Waals surface area contributed by atoms with E-state index in [2.05, 4.69) is 27.3 Å². The van der Waals surface area contributed by atoms with Crippen LogP contribution < -0.4 is 14.8 Å². The Labute approximate surface area is 182 Å². The normalized spacial score (nSPS) is 17.1. The maximum Gasteiger partial charge on any atom is 0.262 e. The zero-order valence-corrected chi connectivity index (χ0v) is 17.8. The van der Waals surface area contributed by atoms with Crippen LogP contribution in [0.2, 0.25) is 0 Å². The van der Waals surface area contributed by atoms with Crippen molar-refractivity contribution in [2.45, 2.75) is 26.3 Å². The molecule has 0 unspecified atom stereocenters. The van der Waals surface area contributed by atoms with Crippen LogP contribution >= 0.6 is 0 Å². The number of pyridine rings is 1. The summed E-state index contributed by atoms with van der Waals surface area (Å²) in [6, 6.07) is 16.3. The van der Waals surface area contributed by atoms with E-state index in [1.807, 2.05) is 43.3 Å². The fraction of sp³-hybridized carbons (Fsp3) is 0.360. The van der Waals surface area contributed by atoms with Crippen LogP contribution in [-0.4, -0.2) is 42.1 Å². The topological polar surface area (TPSA) is 63.7 Å². The molecule has 0 aliphatic carbocycles. The number of nitrogens with zero attached hydrogens (tertiary/aromatic N) is 2. The Morgan fingerprint density at radius 3 is 2.90 bits per heavy atom. The van der Waals surface area contributed by atoms with Crippen molar-refractivity contribution in [3.63, 3.8) is 0 Å². The second-order valence-corrected chi connectivity index (χ2v) is 8.47. The largest absolute Gasteiger partial charge is 0.493 e. The number of ether oxygens (including phenoxy) is 2. The second kappa shape index (κ2) is 8.55. The van der Waals surface area contributed by atoms with Gasteiger partial charge in [-0.05, 0) is 80.7 Å². The number of aryl methyl sites for hydroxylation is 1. The van der Waals surface area contributed by atoms with Crippen LogP contribution in [0.3, 0.4) is 0 Å². The molecule has 0 spiro atoms. The summed E-state index contributed by atoms with van der Waals surface area (Å²) in [6.45, 7) is 5.81. The maximum absolute atomic E-state index is 11.6. The summed E-state index contributed by atoms with van der Waals surface area (Å²) in [5.74, 6) is 2.13. The number of likely N-dealkylation sites (tertiary alicyclic amines) is 1. The lowest BCUT2D eigenvalue weighted by atomic mass is 9.97. The lowest BCUT2D eigenvalue weighted by Crippen LogP contribution is -2.35. The Balaban J connectivity index is 1.15. The molecule has 6 nitrogen and oxygen atoms in total. The van der Waals surface area contributed by atoms with E-state index in [9.17, 15) is 4.79 Å². The molecule has 31 heavy (non-hydrogen) atoms. The van der Waals surface area contributed by atoms with Crippen LogP contribution in [0.1, 0.15) is 24.1 Å². The minimum Gasteiger partial charge on any atom is -0.493 e. The van der Waals surface area contributed by atoms with Crippen molar-refractivity contribution in [2.24, 2.45) is 5.92 Å². The van der Waals surface area contributed by atoms with E-state index < -0.39 is 0 Å². The zero-order valence-electron chi connectivity index (χ0n) is 17.8. The third-order valence-electron chi connectivity index (χ3n) is 6.10. The lowest BCUT2D eigenvalue weighted by molar-refractivity contribution is -0.118. The lowest BCUT2D eigenvalue weighted by Gasteiger charge is -2.32. The number of nitrogens with one attached hydrogen (secondary N) is 1. The standard InChI is InChI=1S/C25H27N3O3/c1-17-5-7-20-21(26-17)3-2-4-23(20)30-15-18-9-11-28(12-10-18)14-19-6-8-24-22(13-19)27-25(29)16-31-24/h2-8,13,18H,9-12,14-16H2,1H3,(H,27,29). The highest BCUT2D eigenvalue weighted by molar-refractivity contribution is 5.95. The zero-order chi connectivity index (χ0) is 21.2. The van der Waals surface area contributed by atoms with E-state index in [4.69, 9.17) is 9.47 Å². The number of fused-ring (bicyclic) bond motifs is 2. The first-order chi connectivity index (χ1) is 15.1. The number of aromatic nitrogens is 1. The van der Waals surface area contributed by atoms with E-state index in [0.717, 1.165) is 72.9 Å². The molecule has 2 aliphatic heterocycles. The average Bonchev–Trinajstić information content (AvgIpc) is 2.78. The van der Waals surface area contributed by atoms with Gasteiger partial charge in [0.2, 0.25) is 0 Å². The number of hydrogen-bond acceptors (Lipinski definition) is 5. The molecule has 0 atom stereocenters. The van der Waals surface area contributed by atoms with E-state index in [1.54, 1.807) is 0 Å². The van der Waals surface area contributed by atoms with Crippen LogP contribution in [0, 0.1) is 12.8 Å².